The normalized spacial score (nSPS) is 15.2. The molecular formula is C14H20Cl2N2O2. The summed E-state index contributed by atoms with van der Waals surface area (Å²) in [4.78, 5) is 13.6. The van der Waals surface area contributed by atoms with E-state index in [1.165, 1.54) is 0 Å². The highest BCUT2D eigenvalue weighted by Crippen LogP contribution is 2.33. The molecule has 0 aliphatic heterocycles. The number of carbonyl (C=O) groups excluding carboxylic acids is 1. The third kappa shape index (κ3) is 4.54. The maximum absolute atomic E-state index is 11.9. The van der Waals surface area contributed by atoms with E-state index in [1.54, 1.807) is 24.1 Å². The molecule has 1 aromatic carbocycles. The number of amides is 1. The summed E-state index contributed by atoms with van der Waals surface area (Å²) in [5, 5.41) is 0.656. The third-order valence-corrected chi connectivity index (χ3v) is 3.50. The molecule has 0 atom stereocenters. The summed E-state index contributed by atoms with van der Waals surface area (Å²) in [5.41, 5.74) is 5.29. The number of hydrogen-bond acceptors (Lipinski definition) is 3. The van der Waals surface area contributed by atoms with Crippen LogP contribution in [0.25, 0.3) is 0 Å². The second kappa shape index (κ2) is 7.16. The highest BCUT2D eigenvalue weighted by Gasteiger charge is 2.47. The van der Waals surface area contributed by atoms with Gasteiger partial charge in [0.05, 0.1) is 12.1 Å². The highest BCUT2D eigenvalue weighted by atomic mass is 35.5. The van der Waals surface area contributed by atoms with Crippen LogP contribution in [0.4, 0.5) is 0 Å². The number of rotatable bonds is 6. The van der Waals surface area contributed by atoms with E-state index >= 15 is 0 Å². The van der Waals surface area contributed by atoms with Crippen molar-refractivity contribution >= 4 is 29.9 Å². The van der Waals surface area contributed by atoms with Crippen LogP contribution in [0.2, 0.25) is 5.02 Å². The van der Waals surface area contributed by atoms with Crippen LogP contribution in [-0.4, -0.2) is 36.5 Å². The summed E-state index contributed by atoms with van der Waals surface area (Å²) in [7, 11) is 1.79. The quantitative estimate of drug-likeness (QED) is 0.820. The van der Waals surface area contributed by atoms with Crippen molar-refractivity contribution in [3.63, 3.8) is 0 Å². The lowest BCUT2D eigenvalue weighted by atomic mass is 10.2. The van der Waals surface area contributed by atoms with E-state index in [1.807, 2.05) is 12.1 Å². The van der Waals surface area contributed by atoms with Crippen molar-refractivity contribution in [3.05, 3.63) is 29.3 Å². The Kier molecular flexibility index (Phi) is 6.11. The number of nitrogens with zero attached hydrogens (tertiary/aromatic N) is 1. The summed E-state index contributed by atoms with van der Waals surface area (Å²) in [6.07, 6.45) is 2.37. The molecule has 2 rings (SSSR count). The van der Waals surface area contributed by atoms with Crippen molar-refractivity contribution in [2.75, 3.05) is 20.2 Å². The van der Waals surface area contributed by atoms with E-state index in [0.717, 1.165) is 25.0 Å². The Morgan fingerprint density at radius 2 is 2.20 bits per heavy atom. The monoisotopic (exact) mass is 318 g/mol. The van der Waals surface area contributed by atoms with Crippen molar-refractivity contribution in [3.8, 4) is 5.75 Å². The number of ether oxygens (including phenoxy) is 1. The molecule has 4 nitrogen and oxygen atoms in total. The second-order valence-corrected chi connectivity index (χ2v) is 5.48. The maximum Gasteiger partial charge on any atom is 0.242 e. The van der Waals surface area contributed by atoms with E-state index in [2.05, 4.69) is 0 Å². The molecule has 1 aliphatic carbocycles. The smallest absolute Gasteiger partial charge is 0.242 e. The van der Waals surface area contributed by atoms with Crippen LogP contribution in [0.3, 0.4) is 0 Å². The van der Waals surface area contributed by atoms with Crippen molar-refractivity contribution in [2.24, 2.45) is 5.73 Å². The van der Waals surface area contributed by atoms with Gasteiger partial charge in [0.25, 0.3) is 0 Å². The molecule has 0 unspecified atom stereocenters. The molecule has 1 amide bonds. The summed E-state index contributed by atoms with van der Waals surface area (Å²) in [6, 6.07) is 7.28. The number of carbonyl (C=O) groups is 1. The van der Waals surface area contributed by atoms with Gasteiger partial charge >= 0.3 is 0 Å². The molecule has 0 saturated heterocycles. The Morgan fingerprint density at radius 1 is 1.50 bits per heavy atom. The molecular weight excluding hydrogens is 299 g/mol. The average molecular weight is 319 g/mol. The molecule has 6 heteroatoms. The van der Waals surface area contributed by atoms with Crippen molar-refractivity contribution in [1.82, 2.24) is 4.90 Å². The summed E-state index contributed by atoms with van der Waals surface area (Å²) in [5.74, 6) is 0.786. The Labute approximate surface area is 130 Å². The van der Waals surface area contributed by atoms with Gasteiger partial charge < -0.3 is 15.4 Å². The van der Waals surface area contributed by atoms with Gasteiger partial charge in [-0.3, -0.25) is 4.79 Å². The van der Waals surface area contributed by atoms with E-state index in [4.69, 9.17) is 22.1 Å². The predicted octanol–water partition coefficient (Wildman–Crippen LogP) is 2.48. The molecule has 0 heterocycles. The summed E-state index contributed by atoms with van der Waals surface area (Å²) >= 11 is 5.86. The molecule has 0 spiro atoms. The Hall–Kier alpha value is -0.970. The van der Waals surface area contributed by atoms with Gasteiger partial charge in [-0.25, -0.2) is 0 Å². The van der Waals surface area contributed by atoms with Crippen LogP contribution in [0.1, 0.15) is 19.3 Å². The average Bonchev–Trinajstić information content (AvgIpc) is 3.13. The Bertz CT molecular complexity index is 464. The van der Waals surface area contributed by atoms with Gasteiger partial charge in [-0.05, 0) is 37.5 Å². The summed E-state index contributed by atoms with van der Waals surface area (Å²) < 4.78 is 5.56. The van der Waals surface area contributed by atoms with Crippen LogP contribution >= 0.6 is 24.0 Å². The number of halogens is 2. The molecule has 112 valence electrons. The lowest BCUT2D eigenvalue weighted by molar-refractivity contribution is -0.132. The van der Waals surface area contributed by atoms with Crippen molar-refractivity contribution < 1.29 is 9.53 Å². The minimum absolute atomic E-state index is 0. The van der Waals surface area contributed by atoms with Crippen molar-refractivity contribution in [1.29, 1.82) is 0 Å². The zero-order chi connectivity index (χ0) is 13.9. The first kappa shape index (κ1) is 17.1. The number of nitrogens with two attached hydrogens (primary N) is 1. The molecule has 1 aromatic rings. The van der Waals surface area contributed by atoms with Gasteiger partial charge in [0.2, 0.25) is 5.91 Å². The van der Waals surface area contributed by atoms with E-state index in [9.17, 15) is 4.79 Å². The molecule has 0 aromatic heterocycles. The number of likely N-dealkylation sites (N-methyl/N-ethyl adjacent to an activating group) is 1. The van der Waals surface area contributed by atoms with Gasteiger partial charge in [0.1, 0.15) is 5.75 Å². The molecule has 0 bridgehead atoms. The maximum atomic E-state index is 11.9. The predicted molar refractivity (Wildman–Crippen MR) is 82.6 cm³/mol. The van der Waals surface area contributed by atoms with Gasteiger partial charge in [-0.15, -0.1) is 12.4 Å². The first-order valence-corrected chi connectivity index (χ1v) is 6.82. The molecule has 1 aliphatic rings. The largest absolute Gasteiger partial charge is 0.493 e. The van der Waals surface area contributed by atoms with E-state index < -0.39 is 5.54 Å². The summed E-state index contributed by atoms with van der Waals surface area (Å²) in [6.45, 7) is 1.20. The fraction of sp³-hybridized carbons (Fsp3) is 0.500. The SMILES string of the molecule is CN(CCCOc1cccc(Cl)c1)C(=O)C1(N)CC1.Cl. The fourth-order valence-corrected chi connectivity index (χ4v) is 2.06. The first-order chi connectivity index (χ1) is 9.01. The molecule has 1 fully saturated rings. The van der Waals surface area contributed by atoms with Crippen LogP contribution in [0.15, 0.2) is 24.3 Å². The van der Waals surface area contributed by atoms with Crippen LogP contribution in [-0.2, 0) is 4.79 Å². The van der Waals surface area contributed by atoms with Crippen molar-refractivity contribution in [2.45, 2.75) is 24.8 Å². The lowest BCUT2D eigenvalue weighted by Crippen LogP contribution is -2.44. The van der Waals surface area contributed by atoms with Gasteiger partial charge in [-0.1, -0.05) is 17.7 Å². The third-order valence-electron chi connectivity index (χ3n) is 3.26. The van der Waals surface area contributed by atoms with E-state index in [0.29, 0.717) is 18.2 Å². The zero-order valence-electron chi connectivity index (χ0n) is 11.5. The van der Waals surface area contributed by atoms with Crippen LogP contribution < -0.4 is 10.5 Å². The number of benzene rings is 1. The zero-order valence-corrected chi connectivity index (χ0v) is 13.0. The lowest BCUT2D eigenvalue weighted by Gasteiger charge is -2.20. The Balaban J connectivity index is 0.00000200. The highest BCUT2D eigenvalue weighted by molar-refractivity contribution is 6.30. The minimum Gasteiger partial charge on any atom is -0.493 e. The second-order valence-electron chi connectivity index (χ2n) is 5.04. The van der Waals surface area contributed by atoms with E-state index in [-0.39, 0.29) is 18.3 Å². The van der Waals surface area contributed by atoms with Gasteiger partial charge in [-0.2, -0.15) is 0 Å². The topological polar surface area (TPSA) is 55.6 Å². The van der Waals surface area contributed by atoms with Crippen LogP contribution in [0, 0.1) is 0 Å². The van der Waals surface area contributed by atoms with Gasteiger partial charge in [0, 0.05) is 18.6 Å². The standard InChI is InChI=1S/C14H19ClN2O2.ClH/c1-17(13(18)14(16)6-7-14)8-3-9-19-12-5-2-4-11(15)10-12;/h2,4-5,10H,3,6-9,16H2,1H3;1H. The molecule has 2 N–H and O–H groups in total. The first-order valence-electron chi connectivity index (χ1n) is 6.44. The van der Waals surface area contributed by atoms with Gasteiger partial charge in [0.15, 0.2) is 0 Å². The molecule has 0 radical (unpaired) electrons. The Morgan fingerprint density at radius 3 is 2.80 bits per heavy atom. The van der Waals surface area contributed by atoms with Crippen LogP contribution in [0.5, 0.6) is 5.75 Å². The molecule has 1 saturated carbocycles. The minimum atomic E-state index is -0.581. The molecule has 20 heavy (non-hydrogen) atoms. The number of hydrogen-bond donors (Lipinski definition) is 1. The fourth-order valence-electron chi connectivity index (χ4n) is 1.88.